The number of nitrogens with zero attached hydrogens (tertiary/aromatic N) is 1. The number of carbonyl (C=O) groups is 2. The van der Waals surface area contributed by atoms with Gasteiger partial charge >= 0.3 is 0 Å². The Bertz CT molecular complexity index is 348. The topological polar surface area (TPSA) is 58.6 Å². The van der Waals surface area contributed by atoms with E-state index in [0.717, 1.165) is 38.7 Å². The van der Waals surface area contributed by atoms with Gasteiger partial charge in [0.15, 0.2) is 0 Å². The van der Waals surface area contributed by atoms with E-state index in [4.69, 9.17) is 4.74 Å². The third-order valence-corrected chi connectivity index (χ3v) is 4.08. The number of amides is 2. The van der Waals surface area contributed by atoms with E-state index < -0.39 is 0 Å². The van der Waals surface area contributed by atoms with Crippen LogP contribution < -0.4 is 5.32 Å². The van der Waals surface area contributed by atoms with Gasteiger partial charge in [-0.2, -0.15) is 0 Å². The molecule has 3 fully saturated rings. The highest BCUT2D eigenvalue weighted by atomic mass is 16.5. The quantitative estimate of drug-likeness (QED) is 0.785. The smallest absolute Gasteiger partial charge is 0.243 e. The normalized spacial score (nSPS) is 33.4. The van der Waals surface area contributed by atoms with Crippen molar-refractivity contribution >= 4 is 11.8 Å². The Morgan fingerprint density at radius 1 is 1.22 bits per heavy atom. The number of ether oxygens (including phenoxy) is 1. The van der Waals surface area contributed by atoms with Crippen LogP contribution in [0.25, 0.3) is 0 Å². The molecule has 2 atom stereocenters. The number of hydrogen-bond donors (Lipinski definition) is 1. The van der Waals surface area contributed by atoms with Crippen LogP contribution in [0.5, 0.6) is 0 Å². The third-order valence-electron chi connectivity index (χ3n) is 4.08. The molecule has 2 aliphatic heterocycles. The summed E-state index contributed by atoms with van der Waals surface area (Å²) < 4.78 is 5.69. The zero-order valence-electron chi connectivity index (χ0n) is 10.6. The highest BCUT2D eigenvalue weighted by Gasteiger charge is 2.45. The first-order valence-corrected chi connectivity index (χ1v) is 6.94. The summed E-state index contributed by atoms with van der Waals surface area (Å²) in [6, 6.07) is -0.239. The Hall–Kier alpha value is -1.10. The lowest BCUT2D eigenvalue weighted by Crippen LogP contribution is -2.61. The van der Waals surface area contributed by atoms with Gasteiger partial charge in [0.1, 0.15) is 6.04 Å². The summed E-state index contributed by atoms with van der Waals surface area (Å²) >= 11 is 0. The fourth-order valence-corrected chi connectivity index (χ4v) is 2.93. The van der Waals surface area contributed by atoms with Gasteiger partial charge in [-0.15, -0.1) is 0 Å². The lowest BCUT2D eigenvalue weighted by molar-refractivity contribution is -0.149. The maximum absolute atomic E-state index is 12.0. The van der Waals surface area contributed by atoms with Crippen molar-refractivity contribution in [2.45, 2.75) is 44.2 Å². The molecule has 18 heavy (non-hydrogen) atoms. The SMILES string of the molecule is O=C1NCC(=O)N(CC2CCCCO2)C1C1CC1. The first kappa shape index (κ1) is 12.0. The monoisotopic (exact) mass is 252 g/mol. The third kappa shape index (κ3) is 2.36. The number of hydrogen-bond acceptors (Lipinski definition) is 3. The van der Waals surface area contributed by atoms with Crippen LogP contribution in [-0.4, -0.2) is 48.6 Å². The Morgan fingerprint density at radius 3 is 2.72 bits per heavy atom. The van der Waals surface area contributed by atoms with E-state index in [1.165, 1.54) is 0 Å². The van der Waals surface area contributed by atoms with Crippen LogP contribution in [0.15, 0.2) is 0 Å². The Balaban J connectivity index is 1.68. The minimum absolute atomic E-state index is 0.0212. The van der Waals surface area contributed by atoms with Gasteiger partial charge in [0, 0.05) is 13.2 Å². The van der Waals surface area contributed by atoms with Crippen LogP contribution in [0.1, 0.15) is 32.1 Å². The van der Waals surface area contributed by atoms with E-state index in [1.54, 1.807) is 4.90 Å². The minimum atomic E-state index is -0.239. The summed E-state index contributed by atoms with van der Waals surface area (Å²) in [5.41, 5.74) is 0. The molecule has 0 aromatic carbocycles. The molecule has 2 heterocycles. The molecule has 1 N–H and O–H groups in total. The molecule has 2 unspecified atom stereocenters. The van der Waals surface area contributed by atoms with Crippen molar-refractivity contribution in [3.8, 4) is 0 Å². The second kappa shape index (κ2) is 4.88. The van der Waals surface area contributed by atoms with Crippen LogP contribution >= 0.6 is 0 Å². The molecule has 0 aromatic rings. The first-order chi connectivity index (χ1) is 8.75. The van der Waals surface area contributed by atoms with Crippen LogP contribution in [0, 0.1) is 5.92 Å². The van der Waals surface area contributed by atoms with Crippen molar-refractivity contribution in [1.82, 2.24) is 10.2 Å². The molecule has 2 saturated heterocycles. The average molecular weight is 252 g/mol. The number of carbonyl (C=O) groups excluding carboxylic acids is 2. The zero-order chi connectivity index (χ0) is 12.5. The highest BCUT2D eigenvalue weighted by Crippen LogP contribution is 2.36. The predicted molar refractivity (Wildman–Crippen MR) is 64.8 cm³/mol. The minimum Gasteiger partial charge on any atom is -0.376 e. The molecule has 5 nitrogen and oxygen atoms in total. The number of rotatable bonds is 3. The first-order valence-electron chi connectivity index (χ1n) is 6.94. The summed E-state index contributed by atoms with van der Waals surface area (Å²) in [7, 11) is 0. The van der Waals surface area contributed by atoms with Crippen molar-refractivity contribution in [3.63, 3.8) is 0 Å². The van der Waals surface area contributed by atoms with Crippen LogP contribution in [0.4, 0.5) is 0 Å². The van der Waals surface area contributed by atoms with Gasteiger partial charge in [0.05, 0.1) is 12.6 Å². The van der Waals surface area contributed by atoms with E-state index in [9.17, 15) is 9.59 Å². The summed E-state index contributed by atoms with van der Waals surface area (Å²) in [5.74, 6) is 0.437. The second-order valence-corrected chi connectivity index (χ2v) is 5.53. The molecule has 100 valence electrons. The van der Waals surface area contributed by atoms with E-state index in [-0.39, 0.29) is 30.5 Å². The molecule has 3 aliphatic rings. The maximum atomic E-state index is 12.0. The molecule has 0 bridgehead atoms. The molecule has 5 heteroatoms. The second-order valence-electron chi connectivity index (χ2n) is 5.53. The molecular weight excluding hydrogens is 232 g/mol. The van der Waals surface area contributed by atoms with E-state index >= 15 is 0 Å². The summed E-state index contributed by atoms with van der Waals surface area (Å²) in [6.45, 7) is 1.52. The molecule has 0 aromatic heterocycles. The summed E-state index contributed by atoms with van der Waals surface area (Å²) in [5, 5.41) is 2.70. The van der Waals surface area contributed by atoms with Crippen LogP contribution in [0.2, 0.25) is 0 Å². The predicted octanol–water partition coefficient (Wildman–Crippen LogP) is 0.292. The van der Waals surface area contributed by atoms with Crippen molar-refractivity contribution < 1.29 is 14.3 Å². The largest absolute Gasteiger partial charge is 0.376 e. The van der Waals surface area contributed by atoms with Crippen molar-refractivity contribution in [2.24, 2.45) is 5.92 Å². The lowest BCUT2D eigenvalue weighted by atomic mass is 10.0. The number of piperazine rings is 1. The number of nitrogens with one attached hydrogen (secondary N) is 1. The van der Waals surface area contributed by atoms with E-state index in [0.29, 0.717) is 12.5 Å². The van der Waals surface area contributed by atoms with Crippen LogP contribution in [0.3, 0.4) is 0 Å². The summed E-state index contributed by atoms with van der Waals surface area (Å²) in [6.07, 6.45) is 5.52. The van der Waals surface area contributed by atoms with Gasteiger partial charge in [-0.25, -0.2) is 0 Å². The van der Waals surface area contributed by atoms with Gasteiger partial charge in [-0.05, 0) is 38.0 Å². The Labute approximate surface area is 107 Å². The fraction of sp³-hybridized carbons (Fsp3) is 0.846. The van der Waals surface area contributed by atoms with Crippen molar-refractivity contribution in [1.29, 1.82) is 0 Å². The van der Waals surface area contributed by atoms with Crippen molar-refractivity contribution in [2.75, 3.05) is 19.7 Å². The molecule has 3 rings (SSSR count). The standard InChI is InChI=1S/C13H20N2O3/c16-11-7-14-13(17)12(9-4-5-9)15(11)8-10-3-1-2-6-18-10/h9-10,12H,1-8H2,(H,14,17). The van der Waals surface area contributed by atoms with Gasteiger partial charge in [-0.3, -0.25) is 9.59 Å². The van der Waals surface area contributed by atoms with Crippen LogP contribution in [-0.2, 0) is 14.3 Å². The fourth-order valence-electron chi connectivity index (χ4n) is 2.93. The average Bonchev–Trinajstić information content (AvgIpc) is 3.20. The summed E-state index contributed by atoms with van der Waals surface area (Å²) in [4.78, 5) is 25.7. The van der Waals surface area contributed by atoms with Gasteiger partial charge in [0.25, 0.3) is 0 Å². The van der Waals surface area contributed by atoms with Gasteiger partial charge in [0.2, 0.25) is 11.8 Å². The van der Waals surface area contributed by atoms with E-state index in [1.807, 2.05) is 0 Å². The Morgan fingerprint density at radius 2 is 2.06 bits per heavy atom. The van der Waals surface area contributed by atoms with Gasteiger partial charge < -0.3 is 15.0 Å². The van der Waals surface area contributed by atoms with Crippen molar-refractivity contribution in [3.05, 3.63) is 0 Å². The molecule has 0 radical (unpaired) electrons. The molecule has 1 aliphatic carbocycles. The lowest BCUT2D eigenvalue weighted by Gasteiger charge is -2.38. The molecular formula is C13H20N2O3. The van der Waals surface area contributed by atoms with Gasteiger partial charge in [-0.1, -0.05) is 0 Å². The Kier molecular flexibility index (Phi) is 3.24. The molecule has 0 spiro atoms. The molecule has 2 amide bonds. The zero-order valence-corrected chi connectivity index (χ0v) is 10.6. The molecule has 1 saturated carbocycles. The maximum Gasteiger partial charge on any atom is 0.243 e. The van der Waals surface area contributed by atoms with E-state index in [2.05, 4.69) is 5.32 Å². The highest BCUT2D eigenvalue weighted by molar-refractivity contribution is 5.95.